The van der Waals surface area contributed by atoms with Crippen LogP contribution < -0.4 is 24.8 Å². The SMILES string of the molecule is C=C1[C-]=CC=C1.Cc1[c-][nH]c(C)c1C.[Cl-].[Cl-].[Ti+4]. The molecule has 4 heteroatoms. The van der Waals surface area contributed by atoms with Crippen LogP contribution in [0.2, 0.25) is 0 Å². The topological polar surface area (TPSA) is 15.8 Å². The van der Waals surface area contributed by atoms with Gasteiger partial charge in [-0.05, 0) is 0 Å². The zero-order chi connectivity index (χ0) is 10.6. The monoisotopic (exact) mass is 303 g/mol. The average Bonchev–Trinajstić information content (AvgIpc) is 2.73. The Labute approximate surface area is 131 Å². The molecule has 0 aliphatic heterocycles. The summed E-state index contributed by atoms with van der Waals surface area (Å²) < 4.78 is 0. The van der Waals surface area contributed by atoms with Crippen LogP contribution in [0.25, 0.3) is 0 Å². The number of aromatic nitrogens is 1. The Morgan fingerprint density at radius 2 is 1.76 bits per heavy atom. The number of H-pyrrole nitrogens is 1. The van der Waals surface area contributed by atoms with Crippen LogP contribution in [0.4, 0.5) is 0 Å². The van der Waals surface area contributed by atoms with Crippen molar-refractivity contribution in [3.8, 4) is 0 Å². The van der Waals surface area contributed by atoms with E-state index in [9.17, 15) is 0 Å². The van der Waals surface area contributed by atoms with Crippen LogP contribution >= 0.6 is 0 Å². The maximum atomic E-state index is 3.62. The van der Waals surface area contributed by atoms with Crippen molar-refractivity contribution in [2.45, 2.75) is 20.8 Å². The molecule has 0 saturated heterocycles. The van der Waals surface area contributed by atoms with E-state index in [2.05, 4.69) is 44.6 Å². The van der Waals surface area contributed by atoms with E-state index in [1.807, 2.05) is 18.2 Å². The second kappa shape index (κ2) is 10.9. The number of allylic oxidation sites excluding steroid dienone is 5. The van der Waals surface area contributed by atoms with E-state index in [0.29, 0.717) is 0 Å². The molecule has 0 saturated carbocycles. The van der Waals surface area contributed by atoms with Crippen LogP contribution in [0, 0.1) is 33.0 Å². The van der Waals surface area contributed by atoms with Gasteiger partial charge in [-0.2, -0.15) is 41.5 Å². The summed E-state index contributed by atoms with van der Waals surface area (Å²) in [6.07, 6.45) is 11.6. The Hall–Kier alpha value is -0.206. The van der Waals surface area contributed by atoms with Gasteiger partial charge < -0.3 is 29.8 Å². The fourth-order valence-electron chi connectivity index (χ4n) is 1.02. The predicted octanol–water partition coefficient (Wildman–Crippen LogP) is -2.78. The van der Waals surface area contributed by atoms with Gasteiger partial charge in [-0.1, -0.05) is 20.8 Å². The van der Waals surface area contributed by atoms with E-state index in [-0.39, 0.29) is 46.5 Å². The minimum absolute atomic E-state index is 0. The third-order valence-electron chi connectivity index (χ3n) is 2.22. The van der Waals surface area contributed by atoms with E-state index < -0.39 is 0 Å². The number of aromatic amines is 1. The van der Waals surface area contributed by atoms with Crippen molar-refractivity contribution in [3.05, 3.63) is 59.5 Å². The van der Waals surface area contributed by atoms with Gasteiger partial charge in [0.2, 0.25) is 0 Å². The maximum Gasteiger partial charge on any atom is 4.00 e. The van der Waals surface area contributed by atoms with Gasteiger partial charge in [0, 0.05) is 0 Å². The molecular weight excluding hydrogens is 289 g/mol. The molecule has 1 N–H and O–H groups in total. The van der Waals surface area contributed by atoms with Gasteiger partial charge in [0.1, 0.15) is 0 Å². The molecule has 0 spiro atoms. The van der Waals surface area contributed by atoms with Crippen LogP contribution in [0.15, 0.2) is 30.4 Å². The van der Waals surface area contributed by atoms with Crippen molar-refractivity contribution in [2.24, 2.45) is 0 Å². The number of halogens is 2. The van der Waals surface area contributed by atoms with Crippen LogP contribution in [0.1, 0.15) is 16.8 Å². The van der Waals surface area contributed by atoms with E-state index >= 15 is 0 Å². The molecule has 90 valence electrons. The summed E-state index contributed by atoms with van der Waals surface area (Å²) in [4.78, 5) is 3.01. The Bertz CT molecular complexity index is 359. The van der Waals surface area contributed by atoms with Gasteiger partial charge in [-0.3, -0.25) is 0 Å². The Balaban J connectivity index is -0.000000201. The van der Waals surface area contributed by atoms with Gasteiger partial charge in [-0.15, -0.1) is 18.0 Å². The van der Waals surface area contributed by atoms with Crippen molar-refractivity contribution < 1.29 is 46.5 Å². The summed E-state index contributed by atoms with van der Waals surface area (Å²) in [7, 11) is 0. The molecule has 0 bridgehead atoms. The Morgan fingerprint density at radius 3 is 1.88 bits per heavy atom. The minimum Gasteiger partial charge on any atom is -1.00 e. The molecule has 0 atom stereocenters. The fraction of sp³-hybridized carbons (Fsp3) is 0.231. The van der Waals surface area contributed by atoms with E-state index in [1.165, 1.54) is 16.8 Å². The third kappa shape index (κ3) is 7.67. The predicted molar refractivity (Wildman–Crippen MR) is 59.9 cm³/mol. The van der Waals surface area contributed by atoms with Gasteiger partial charge >= 0.3 is 21.7 Å². The zero-order valence-corrected chi connectivity index (χ0v) is 13.3. The molecule has 2 rings (SSSR count). The molecule has 0 amide bonds. The van der Waals surface area contributed by atoms with E-state index in [1.54, 1.807) is 0 Å². The molecule has 1 nitrogen and oxygen atoms in total. The normalized spacial score (nSPS) is 10.6. The molecule has 17 heavy (non-hydrogen) atoms. The number of hydrogen-bond acceptors (Lipinski definition) is 0. The maximum absolute atomic E-state index is 3.62. The molecule has 0 radical (unpaired) electrons. The average molecular weight is 304 g/mol. The van der Waals surface area contributed by atoms with Crippen molar-refractivity contribution in [2.75, 3.05) is 0 Å². The van der Waals surface area contributed by atoms with Gasteiger partial charge in [0.05, 0.1) is 0 Å². The number of hydrogen-bond donors (Lipinski definition) is 1. The fourth-order valence-corrected chi connectivity index (χ4v) is 1.02. The zero-order valence-electron chi connectivity index (χ0n) is 10.2. The van der Waals surface area contributed by atoms with Crippen LogP contribution in [0.5, 0.6) is 0 Å². The third-order valence-corrected chi connectivity index (χ3v) is 2.22. The van der Waals surface area contributed by atoms with Crippen LogP contribution in [-0.4, -0.2) is 4.98 Å². The van der Waals surface area contributed by atoms with E-state index in [4.69, 9.17) is 0 Å². The molecule has 0 unspecified atom stereocenters. The van der Waals surface area contributed by atoms with Gasteiger partial charge in [0.25, 0.3) is 0 Å². The first-order chi connectivity index (χ1) is 6.61. The number of nitrogens with one attached hydrogen (secondary N) is 1. The first-order valence-electron chi connectivity index (χ1n) is 4.60. The van der Waals surface area contributed by atoms with Crippen molar-refractivity contribution >= 4 is 0 Å². The molecule has 1 aromatic rings. The van der Waals surface area contributed by atoms with Crippen LogP contribution in [-0.2, 0) is 21.7 Å². The summed E-state index contributed by atoms with van der Waals surface area (Å²) in [5, 5.41) is 0. The molecular formula is C13H15Cl2NTi. The second-order valence-corrected chi connectivity index (χ2v) is 3.32. The summed E-state index contributed by atoms with van der Waals surface area (Å²) in [6.45, 7) is 9.83. The molecule has 1 aromatic heterocycles. The van der Waals surface area contributed by atoms with Crippen molar-refractivity contribution in [1.82, 2.24) is 4.98 Å². The number of rotatable bonds is 0. The van der Waals surface area contributed by atoms with Gasteiger partial charge in [-0.25, -0.2) is 0 Å². The quantitative estimate of drug-likeness (QED) is 0.394. The standard InChI is InChI=1S/C7H10N.C6H5.2ClH.Ti/c1-5-4-8-7(3)6(5)2;1-6-4-2-3-5-6;;;/h8H,1-3H3;2-4H,1H2;2*1H;/q2*-1;;;+4/p-2. The van der Waals surface area contributed by atoms with Crippen LogP contribution in [0.3, 0.4) is 0 Å². The summed E-state index contributed by atoms with van der Waals surface area (Å²) >= 11 is 0. The molecule has 1 aliphatic rings. The second-order valence-electron chi connectivity index (χ2n) is 3.32. The smallest absolute Gasteiger partial charge is 1.00 e. The summed E-state index contributed by atoms with van der Waals surface area (Å²) in [5.74, 6) is 0. The largest absolute Gasteiger partial charge is 4.00 e. The summed E-state index contributed by atoms with van der Waals surface area (Å²) in [5.41, 5.74) is 4.74. The molecule has 1 heterocycles. The minimum atomic E-state index is 0. The first-order valence-corrected chi connectivity index (χ1v) is 4.60. The Kier molecular flexibility index (Phi) is 14.1. The molecule has 0 fully saturated rings. The van der Waals surface area contributed by atoms with Crippen molar-refractivity contribution in [1.29, 1.82) is 0 Å². The molecule has 0 aromatic carbocycles. The Morgan fingerprint density at radius 1 is 1.18 bits per heavy atom. The number of aryl methyl sites for hydroxylation is 2. The summed E-state index contributed by atoms with van der Waals surface area (Å²) in [6, 6.07) is 0. The van der Waals surface area contributed by atoms with E-state index in [0.717, 1.165) is 5.57 Å². The van der Waals surface area contributed by atoms with Gasteiger partial charge in [0.15, 0.2) is 0 Å². The molecule has 1 aliphatic carbocycles. The first kappa shape index (κ1) is 22.0. The van der Waals surface area contributed by atoms with Crippen molar-refractivity contribution in [3.63, 3.8) is 0 Å².